The lowest BCUT2D eigenvalue weighted by molar-refractivity contribution is 0.178. The second kappa shape index (κ2) is 6.28. The van der Waals surface area contributed by atoms with Gasteiger partial charge in [0.1, 0.15) is 0 Å². The van der Waals surface area contributed by atoms with Gasteiger partial charge in [0.05, 0.1) is 31.0 Å². The fourth-order valence-corrected chi connectivity index (χ4v) is 3.43. The van der Waals surface area contributed by atoms with E-state index in [-0.39, 0.29) is 17.6 Å². The number of nitrogens with zero attached hydrogens (tertiary/aromatic N) is 2. The Hall–Kier alpha value is -1.20. The molecule has 0 radical (unpaired) electrons. The van der Waals surface area contributed by atoms with Crippen LogP contribution in [0.4, 0.5) is 0 Å². The zero-order valence-corrected chi connectivity index (χ0v) is 12.9. The minimum atomic E-state index is -0.0415. The van der Waals surface area contributed by atoms with E-state index in [4.69, 9.17) is 4.74 Å². The number of nitrogens with one attached hydrogen (secondary N) is 1. The lowest BCUT2D eigenvalue weighted by Gasteiger charge is -2.31. The molecule has 0 spiro atoms. The summed E-state index contributed by atoms with van der Waals surface area (Å²) < 4.78 is 7.22. The van der Waals surface area contributed by atoms with Crippen molar-refractivity contribution in [1.29, 1.82) is 0 Å². The quantitative estimate of drug-likeness (QED) is 0.920. The number of hydrogen-bond acceptors (Lipinski definition) is 4. The van der Waals surface area contributed by atoms with Crippen LogP contribution >= 0.6 is 0 Å². The maximum atomic E-state index is 12.1. The topological polar surface area (TPSA) is 56.1 Å². The van der Waals surface area contributed by atoms with Gasteiger partial charge in [-0.05, 0) is 44.6 Å². The fraction of sp³-hybridized carbons (Fsp3) is 0.750. The van der Waals surface area contributed by atoms with Gasteiger partial charge in [-0.2, -0.15) is 5.10 Å². The maximum Gasteiger partial charge on any atom is 0.267 e. The standard InChI is InChI=1S/C16H25N3O2/c1-11-3-6-13(7-4-11)17-14-9-21-10-15(14)19-16(20)8-5-12(2)18-19/h5,8,11,13-15,17H,3-4,6-7,9-10H2,1-2H3. The summed E-state index contributed by atoms with van der Waals surface area (Å²) in [5, 5.41) is 8.10. The van der Waals surface area contributed by atoms with E-state index < -0.39 is 0 Å². The molecule has 1 aliphatic heterocycles. The van der Waals surface area contributed by atoms with Gasteiger partial charge in [0.25, 0.3) is 5.56 Å². The molecule has 5 heteroatoms. The first-order chi connectivity index (χ1) is 10.1. The smallest absolute Gasteiger partial charge is 0.267 e. The molecule has 21 heavy (non-hydrogen) atoms. The predicted molar refractivity (Wildman–Crippen MR) is 81.4 cm³/mol. The molecule has 1 aromatic rings. The summed E-state index contributed by atoms with van der Waals surface area (Å²) in [5.74, 6) is 0.847. The van der Waals surface area contributed by atoms with Crippen LogP contribution in [0.1, 0.15) is 44.3 Å². The fourth-order valence-electron chi connectivity index (χ4n) is 3.43. The molecule has 2 unspecified atom stereocenters. The Balaban J connectivity index is 1.70. The second-order valence-corrected chi connectivity index (χ2v) is 6.59. The number of rotatable bonds is 3. The third-order valence-corrected chi connectivity index (χ3v) is 4.79. The van der Waals surface area contributed by atoms with Crippen LogP contribution in [0, 0.1) is 12.8 Å². The minimum Gasteiger partial charge on any atom is -0.377 e. The third kappa shape index (κ3) is 3.35. The van der Waals surface area contributed by atoms with Crippen molar-refractivity contribution in [3.8, 4) is 0 Å². The molecule has 2 fully saturated rings. The molecule has 0 bridgehead atoms. The first-order valence-corrected chi connectivity index (χ1v) is 8.04. The monoisotopic (exact) mass is 291 g/mol. The van der Waals surface area contributed by atoms with Crippen molar-refractivity contribution in [2.24, 2.45) is 5.92 Å². The van der Waals surface area contributed by atoms with Crippen LogP contribution in [0.5, 0.6) is 0 Å². The first kappa shape index (κ1) is 14.7. The van der Waals surface area contributed by atoms with Crippen molar-refractivity contribution in [1.82, 2.24) is 15.1 Å². The van der Waals surface area contributed by atoms with Crippen LogP contribution in [0.2, 0.25) is 0 Å². The summed E-state index contributed by atoms with van der Waals surface area (Å²) in [7, 11) is 0. The van der Waals surface area contributed by atoms with Gasteiger partial charge in [0.15, 0.2) is 0 Å². The molecular formula is C16H25N3O2. The molecule has 0 aromatic carbocycles. The van der Waals surface area contributed by atoms with Gasteiger partial charge in [-0.1, -0.05) is 6.92 Å². The van der Waals surface area contributed by atoms with Gasteiger partial charge in [-0.15, -0.1) is 0 Å². The number of hydrogen-bond donors (Lipinski definition) is 1. The number of aromatic nitrogens is 2. The van der Waals surface area contributed by atoms with Gasteiger partial charge in [0, 0.05) is 12.1 Å². The summed E-state index contributed by atoms with van der Waals surface area (Å²) in [6, 6.07) is 4.11. The molecule has 2 heterocycles. The van der Waals surface area contributed by atoms with Crippen LogP contribution < -0.4 is 10.9 Å². The summed E-state index contributed by atoms with van der Waals surface area (Å²) in [6.45, 7) is 5.47. The van der Waals surface area contributed by atoms with Crippen molar-refractivity contribution in [2.45, 2.75) is 57.7 Å². The normalized spacial score (nSPS) is 33.2. The van der Waals surface area contributed by atoms with Crippen molar-refractivity contribution in [3.63, 3.8) is 0 Å². The van der Waals surface area contributed by atoms with Gasteiger partial charge < -0.3 is 10.1 Å². The van der Waals surface area contributed by atoms with E-state index in [9.17, 15) is 4.79 Å². The number of ether oxygens (including phenoxy) is 1. The Kier molecular flexibility index (Phi) is 4.40. The van der Waals surface area contributed by atoms with Crippen LogP contribution in [0.25, 0.3) is 0 Å². The highest BCUT2D eigenvalue weighted by Crippen LogP contribution is 2.26. The maximum absolute atomic E-state index is 12.1. The van der Waals surface area contributed by atoms with Gasteiger partial charge in [-0.25, -0.2) is 4.68 Å². The Morgan fingerprint density at radius 2 is 2.00 bits per heavy atom. The van der Waals surface area contributed by atoms with Crippen molar-refractivity contribution >= 4 is 0 Å². The highest BCUT2D eigenvalue weighted by atomic mass is 16.5. The van der Waals surface area contributed by atoms with Gasteiger partial charge in [0.2, 0.25) is 0 Å². The van der Waals surface area contributed by atoms with Crippen molar-refractivity contribution in [2.75, 3.05) is 13.2 Å². The highest BCUT2D eigenvalue weighted by molar-refractivity contribution is 5.00. The molecule has 2 aliphatic rings. The third-order valence-electron chi connectivity index (χ3n) is 4.79. The summed E-state index contributed by atoms with van der Waals surface area (Å²) in [5.41, 5.74) is 0.826. The molecule has 1 N–H and O–H groups in total. The van der Waals surface area contributed by atoms with Crippen molar-refractivity contribution < 1.29 is 4.74 Å². The first-order valence-electron chi connectivity index (χ1n) is 8.04. The Bertz CT molecular complexity index is 535. The van der Waals surface area contributed by atoms with Gasteiger partial charge >= 0.3 is 0 Å². The van der Waals surface area contributed by atoms with Crippen LogP contribution in [0.3, 0.4) is 0 Å². The molecule has 5 nitrogen and oxygen atoms in total. The largest absolute Gasteiger partial charge is 0.377 e. The lowest BCUT2D eigenvalue weighted by atomic mass is 9.87. The van der Waals surface area contributed by atoms with E-state index >= 15 is 0 Å². The lowest BCUT2D eigenvalue weighted by Crippen LogP contribution is -2.46. The Morgan fingerprint density at radius 3 is 2.76 bits per heavy atom. The average molecular weight is 291 g/mol. The van der Waals surface area contributed by atoms with E-state index in [0.29, 0.717) is 19.3 Å². The average Bonchev–Trinajstić information content (AvgIpc) is 2.92. The molecule has 0 amide bonds. The van der Waals surface area contributed by atoms with E-state index in [2.05, 4.69) is 17.3 Å². The van der Waals surface area contributed by atoms with Crippen LogP contribution in [-0.4, -0.2) is 35.1 Å². The van der Waals surface area contributed by atoms with Gasteiger partial charge in [-0.3, -0.25) is 4.79 Å². The zero-order valence-electron chi connectivity index (χ0n) is 12.9. The SMILES string of the molecule is Cc1ccc(=O)n(C2COCC2NC2CCC(C)CC2)n1. The summed E-state index contributed by atoms with van der Waals surface area (Å²) in [6.07, 6.45) is 5.03. The Morgan fingerprint density at radius 1 is 1.24 bits per heavy atom. The zero-order chi connectivity index (χ0) is 14.8. The van der Waals surface area contributed by atoms with Crippen LogP contribution in [-0.2, 0) is 4.74 Å². The summed E-state index contributed by atoms with van der Waals surface area (Å²) in [4.78, 5) is 12.1. The molecule has 1 saturated heterocycles. The van der Waals surface area contributed by atoms with E-state index in [1.807, 2.05) is 6.92 Å². The molecule has 3 rings (SSSR count). The van der Waals surface area contributed by atoms with E-state index in [1.165, 1.54) is 25.7 Å². The Labute approximate surface area is 125 Å². The van der Waals surface area contributed by atoms with Crippen LogP contribution in [0.15, 0.2) is 16.9 Å². The van der Waals surface area contributed by atoms with E-state index in [1.54, 1.807) is 16.8 Å². The molecule has 116 valence electrons. The van der Waals surface area contributed by atoms with E-state index in [0.717, 1.165) is 11.6 Å². The summed E-state index contributed by atoms with van der Waals surface area (Å²) >= 11 is 0. The molecular weight excluding hydrogens is 266 g/mol. The molecule has 1 aromatic heterocycles. The molecule has 1 aliphatic carbocycles. The highest BCUT2D eigenvalue weighted by Gasteiger charge is 2.33. The molecule has 1 saturated carbocycles. The van der Waals surface area contributed by atoms with Crippen molar-refractivity contribution in [3.05, 3.63) is 28.2 Å². The predicted octanol–water partition coefficient (Wildman–Crippen LogP) is 1.66. The second-order valence-electron chi connectivity index (χ2n) is 6.59. The molecule has 2 atom stereocenters. The minimum absolute atomic E-state index is 0.0109. The number of aryl methyl sites for hydroxylation is 1.